The Morgan fingerprint density at radius 2 is 1.68 bits per heavy atom. The minimum Gasteiger partial charge on any atom is -0.497 e. The van der Waals surface area contributed by atoms with Gasteiger partial charge in [0.2, 0.25) is 0 Å². The van der Waals surface area contributed by atoms with Gasteiger partial charge in [0.05, 0.1) is 24.2 Å². The van der Waals surface area contributed by atoms with Gasteiger partial charge in [-0.05, 0) is 92.4 Å². The number of carbonyl (C=O) groups is 1. The van der Waals surface area contributed by atoms with Crippen LogP contribution in [0.1, 0.15) is 24.8 Å². The summed E-state index contributed by atoms with van der Waals surface area (Å²) in [7, 11) is -2.44. The van der Waals surface area contributed by atoms with E-state index in [0.717, 1.165) is 24.3 Å². The van der Waals surface area contributed by atoms with Crippen molar-refractivity contribution in [1.82, 2.24) is 0 Å². The molecule has 1 fully saturated rings. The van der Waals surface area contributed by atoms with Gasteiger partial charge < -0.3 is 19.7 Å². The lowest BCUT2D eigenvalue weighted by molar-refractivity contribution is -0.122. The number of benzene rings is 3. The fraction of sp³-hybridized carbons (Fsp3) is 0.321. The summed E-state index contributed by atoms with van der Waals surface area (Å²) in [6.07, 6.45) is 2.62. The van der Waals surface area contributed by atoms with Crippen molar-refractivity contribution in [1.29, 1.82) is 0 Å². The molecule has 3 aromatic rings. The number of anilines is 3. The van der Waals surface area contributed by atoms with Gasteiger partial charge in [-0.2, -0.15) is 0 Å². The topological polar surface area (TPSA) is 88.2 Å². The number of sulfonamides is 1. The van der Waals surface area contributed by atoms with E-state index in [2.05, 4.69) is 10.2 Å². The maximum atomic E-state index is 13.6. The highest BCUT2D eigenvalue weighted by Crippen LogP contribution is 2.38. The number of carbonyl (C=O) groups excluding carboxylic acids is 1. The van der Waals surface area contributed by atoms with Gasteiger partial charge in [-0.25, -0.2) is 8.42 Å². The predicted octanol–water partition coefficient (Wildman–Crippen LogP) is 4.59. The minimum atomic E-state index is -3.96. The van der Waals surface area contributed by atoms with E-state index in [1.165, 1.54) is 42.8 Å². The highest BCUT2D eigenvalue weighted by atomic mass is 32.2. The van der Waals surface area contributed by atoms with Crippen molar-refractivity contribution in [3.63, 3.8) is 0 Å². The molecule has 8 nitrogen and oxygen atoms in total. The van der Waals surface area contributed by atoms with Crippen LogP contribution in [0, 0.1) is 6.92 Å². The number of nitrogens with zero attached hydrogens (tertiary/aromatic N) is 2. The summed E-state index contributed by atoms with van der Waals surface area (Å²) in [5.41, 5.74) is 3.06. The molecule has 2 heterocycles. The molecule has 0 saturated carbocycles. The fourth-order valence-corrected chi connectivity index (χ4v) is 6.21. The second kappa shape index (κ2) is 10.3. The Morgan fingerprint density at radius 1 is 0.973 bits per heavy atom. The molecule has 194 valence electrons. The predicted molar refractivity (Wildman–Crippen MR) is 144 cm³/mol. The zero-order valence-corrected chi connectivity index (χ0v) is 21.8. The second-order valence-electron chi connectivity index (χ2n) is 9.37. The van der Waals surface area contributed by atoms with Gasteiger partial charge in [0.15, 0.2) is 6.10 Å². The number of hydrogen-bond donors (Lipinski definition) is 1. The minimum absolute atomic E-state index is 0.106. The van der Waals surface area contributed by atoms with E-state index < -0.39 is 22.0 Å². The Labute approximate surface area is 217 Å². The Hall–Kier alpha value is -3.72. The summed E-state index contributed by atoms with van der Waals surface area (Å²) in [6, 6.07) is 19.2. The molecule has 1 unspecified atom stereocenters. The van der Waals surface area contributed by atoms with Crippen LogP contribution in [-0.2, 0) is 14.8 Å². The molecule has 5 rings (SSSR count). The first-order valence-electron chi connectivity index (χ1n) is 12.4. The molecule has 0 radical (unpaired) electrons. The maximum Gasteiger partial charge on any atom is 0.267 e. The van der Waals surface area contributed by atoms with Gasteiger partial charge in [-0.1, -0.05) is 6.07 Å². The molecule has 0 aromatic heterocycles. The molecule has 2 aliphatic heterocycles. The largest absolute Gasteiger partial charge is 0.497 e. The maximum absolute atomic E-state index is 13.6. The van der Waals surface area contributed by atoms with Crippen molar-refractivity contribution in [3.8, 4) is 11.5 Å². The van der Waals surface area contributed by atoms with Crippen molar-refractivity contribution in [2.45, 2.75) is 37.2 Å². The first-order chi connectivity index (χ1) is 17.8. The monoisotopic (exact) mass is 521 g/mol. The number of piperidine rings is 1. The van der Waals surface area contributed by atoms with Gasteiger partial charge >= 0.3 is 0 Å². The number of methoxy groups -OCH3 is 1. The number of rotatable bonds is 6. The van der Waals surface area contributed by atoms with Crippen molar-refractivity contribution in [2.75, 3.05) is 41.3 Å². The summed E-state index contributed by atoms with van der Waals surface area (Å²) in [4.78, 5) is 15.7. The molecule has 3 aromatic carbocycles. The average molecular weight is 522 g/mol. The number of amides is 1. The third kappa shape index (κ3) is 5.22. The van der Waals surface area contributed by atoms with Crippen LogP contribution in [0.4, 0.5) is 17.1 Å². The van der Waals surface area contributed by atoms with E-state index >= 15 is 0 Å². The lowest BCUT2D eigenvalue weighted by Gasteiger charge is -2.35. The molecule has 37 heavy (non-hydrogen) atoms. The van der Waals surface area contributed by atoms with Crippen LogP contribution < -0.4 is 24.0 Å². The van der Waals surface area contributed by atoms with E-state index in [1.54, 1.807) is 24.3 Å². The Balaban J connectivity index is 1.38. The molecule has 0 aliphatic carbocycles. The highest BCUT2D eigenvalue weighted by molar-refractivity contribution is 7.92. The Bertz CT molecular complexity index is 1370. The SMILES string of the molecule is COc1ccc(S(=O)(=O)N2CC(C(=O)Nc3ccc(N4CCCCC4)cc3)Oc3cc(C)ccc32)cc1. The van der Waals surface area contributed by atoms with E-state index in [9.17, 15) is 13.2 Å². The third-order valence-electron chi connectivity index (χ3n) is 6.78. The van der Waals surface area contributed by atoms with Crippen LogP contribution in [0.2, 0.25) is 0 Å². The molecule has 9 heteroatoms. The van der Waals surface area contributed by atoms with E-state index in [-0.39, 0.29) is 11.4 Å². The smallest absolute Gasteiger partial charge is 0.267 e. The molecule has 1 saturated heterocycles. The van der Waals surface area contributed by atoms with E-state index in [0.29, 0.717) is 22.9 Å². The van der Waals surface area contributed by atoms with Crippen LogP contribution in [0.5, 0.6) is 11.5 Å². The Kier molecular flexibility index (Phi) is 6.97. The molecule has 0 bridgehead atoms. The van der Waals surface area contributed by atoms with E-state index in [1.807, 2.05) is 37.3 Å². The van der Waals surface area contributed by atoms with Crippen LogP contribution in [0.15, 0.2) is 71.6 Å². The Morgan fingerprint density at radius 3 is 2.35 bits per heavy atom. The summed E-state index contributed by atoms with van der Waals surface area (Å²) in [5, 5.41) is 2.89. The number of hydrogen-bond acceptors (Lipinski definition) is 6. The molecule has 1 N–H and O–H groups in total. The normalized spacial score (nSPS) is 17.5. The summed E-state index contributed by atoms with van der Waals surface area (Å²) < 4.78 is 39.7. The van der Waals surface area contributed by atoms with Crippen molar-refractivity contribution in [2.24, 2.45) is 0 Å². The molecule has 1 amide bonds. The van der Waals surface area contributed by atoms with Crippen molar-refractivity contribution in [3.05, 3.63) is 72.3 Å². The van der Waals surface area contributed by atoms with Gasteiger partial charge in [0.1, 0.15) is 11.5 Å². The molecule has 0 spiro atoms. The van der Waals surface area contributed by atoms with Gasteiger partial charge in [0.25, 0.3) is 15.9 Å². The summed E-state index contributed by atoms with van der Waals surface area (Å²) in [5.74, 6) is 0.497. The lowest BCUT2D eigenvalue weighted by atomic mass is 10.1. The summed E-state index contributed by atoms with van der Waals surface area (Å²) in [6.45, 7) is 3.82. The number of nitrogens with one attached hydrogen (secondary N) is 1. The quantitative estimate of drug-likeness (QED) is 0.511. The molecule has 1 atom stereocenters. The van der Waals surface area contributed by atoms with E-state index in [4.69, 9.17) is 9.47 Å². The third-order valence-corrected chi connectivity index (χ3v) is 8.57. The van der Waals surface area contributed by atoms with Crippen molar-refractivity contribution >= 4 is 33.0 Å². The average Bonchev–Trinajstić information content (AvgIpc) is 2.93. The van der Waals surface area contributed by atoms with Crippen LogP contribution >= 0.6 is 0 Å². The molecular formula is C28H31N3O5S. The first-order valence-corrected chi connectivity index (χ1v) is 13.9. The summed E-state index contributed by atoms with van der Waals surface area (Å²) >= 11 is 0. The standard InChI is InChI=1S/C28H31N3O5S/c1-20-6-15-25-26(18-20)36-27(19-31(25)37(33,34)24-13-11-23(35-2)12-14-24)28(32)29-21-7-9-22(10-8-21)30-16-4-3-5-17-30/h6-15,18,27H,3-5,16-17,19H2,1-2H3,(H,29,32). The van der Waals surface area contributed by atoms with Crippen LogP contribution in [0.25, 0.3) is 0 Å². The lowest BCUT2D eigenvalue weighted by Crippen LogP contribution is -2.48. The number of fused-ring (bicyclic) bond motifs is 1. The highest BCUT2D eigenvalue weighted by Gasteiger charge is 2.37. The van der Waals surface area contributed by atoms with Crippen molar-refractivity contribution < 1.29 is 22.7 Å². The number of ether oxygens (including phenoxy) is 2. The first kappa shape index (κ1) is 25.0. The second-order valence-corrected chi connectivity index (χ2v) is 11.2. The zero-order chi connectivity index (χ0) is 26.0. The molecular weight excluding hydrogens is 490 g/mol. The number of aryl methyl sites for hydroxylation is 1. The van der Waals surface area contributed by atoms with Crippen LogP contribution in [0.3, 0.4) is 0 Å². The van der Waals surface area contributed by atoms with Crippen LogP contribution in [-0.4, -0.2) is 47.2 Å². The molecule has 2 aliphatic rings. The van der Waals surface area contributed by atoms with Gasteiger partial charge in [-0.15, -0.1) is 0 Å². The van der Waals surface area contributed by atoms with Gasteiger partial charge in [0, 0.05) is 24.5 Å². The zero-order valence-electron chi connectivity index (χ0n) is 21.0. The van der Waals surface area contributed by atoms with Gasteiger partial charge in [-0.3, -0.25) is 9.10 Å². The fourth-order valence-electron chi connectivity index (χ4n) is 4.73.